The first kappa shape index (κ1) is 17.8. The second-order valence-corrected chi connectivity index (χ2v) is 6.02. The van der Waals surface area contributed by atoms with E-state index in [1.807, 2.05) is 0 Å². The van der Waals surface area contributed by atoms with Crippen LogP contribution in [0.5, 0.6) is 0 Å². The minimum Gasteiger partial charge on any atom is -0.326 e. The molecule has 3 rings (SSSR count). The number of benzene rings is 2. The second-order valence-electron chi connectivity index (χ2n) is 6.02. The number of carbonyl (C=O) groups is 3. The van der Waals surface area contributed by atoms with E-state index >= 15 is 0 Å². The van der Waals surface area contributed by atoms with Gasteiger partial charge in [0.25, 0.3) is 5.91 Å². The molecule has 1 heterocycles. The van der Waals surface area contributed by atoms with Crippen LogP contribution >= 0.6 is 0 Å². The number of nitrogens with zero attached hydrogens (tertiary/aromatic N) is 1. The Labute approximate surface area is 150 Å². The third-order valence-corrected chi connectivity index (χ3v) is 4.09. The van der Waals surface area contributed by atoms with E-state index < -0.39 is 6.04 Å². The largest absolute Gasteiger partial charge is 0.326 e. The van der Waals surface area contributed by atoms with E-state index in [1.54, 1.807) is 42.5 Å². The molecule has 1 fully saturated rings. The maximum Gasteiger partial charge on any atom is 0.251 e. The topological polar surface area (TPSA) is 78.5 Å². The molecular formula is C19H18FN3O3. The summed E-state index contributed by atoms with van der Waals surface area (Å²) in [6.07, 6.45) is 0.0146. The maximum atomic E-state index is 13.7. The van der Waals surface area contributed by atoms with Crippen molar-refractivity contribution in [1.29, 1.82) is 0 Å². The molecule has 0 aliphatic carbocycles. The van der Waals surface area contributed by atoms with E-state index in [1.165, 1.54) is 13.0 Å². The fraction of sp³-hybridized carbons (Fsp3) is 0.211. The number of hydrogen-bond acceptors (Lipinski definition) is 4. The number of imide groups is 1. The lowest BCUT2D eigenvalue weighted by molar-refractivity contribution is -0.121. The summed E-state index contributed by atoms with van der Waals surface area (Å²) >= 11 is 0. The molecular weight excluding hydrogens is 337 g/mol. The molecule has 26 heavy (non-hydrogen) atoms. The van der Waals surface area contributed by atoms with Gasteiger partial charge in [-0.25, -0.2) is 9.29 Å². The minimum absolute atomic E-state index is 0.0146. The molecule has 0 aromatic heterocycles. The summed E-state index contributed by atoms with van der Waals surface area (Å²) < 4.78 is 13.7. The molecule has 1 atom stereocenters. The summed E-state index contributed by atoms with van der Waals surface area (Å²) in [6.45, 7) is 1.55. The summed E-state index contributed by atoms with van der Waals surface area (Å²) in [5.74, 6) is -1.27. The molecule has 3 amide bonds. The lowest BCUT2D eigenvalue weighted by atomic mass is 10.2. The van der Waals surface area contributed by atoms with Crippen molar-refractivity contribution in [3.63, 3.8) is 0 Å². The smallest absolute Gasteiger partial charge is 0.251 e. The van der Waals surface area contributed by atoms with Crippen LogP contribution in [0.3, 0.4) is 0 Å². The molecule has 1 aliphatic rings. The van der Waals surface area contributed by atoms with Gasteiger partial charge >= 0.3 is 0 Å². The molecule has 2 aromatic carbocycles. The summed E-state index contributed by atoms with van der Waals surface area (Å²) in [6, 6.07) is 12.0. The highest BCUT2D eigenvalue weighted by Crippen LogP contribution is 2.24. The van der Waals surface area contributed by atoms with E-state index in [0.717, 1.165) is 4.90 Å². The number of anilines is 2. The maximum absolute atomic E-state index is 13.7. The van der Waals surface area contributed by atoms with E-state index in [-0.39, 0.29) is 36.5 Å². The van der Waals surface area contributed by atoms with Crippen LogP contribution in [-0.2, 0) is 20.9 Å². The minimum atomic E-state index is -0.697. The highest BCUT2D eigenvalue weighted by Gasteiger charge is 2.39. The zero-order valence-corrected chi connectivity index (χ0v) is 14.2. The Kier molecular flexibility index (Phi) is 5.09. The lowest BCUT2D eigenvalue weighted by Crippen LogP contribution is -2.38. The van der Waals surface area contributed by atoms with Crippen LogP contribution in [0.25, 0.3) is 0 Å². The summed E-state index contributed by atoms with van der Waals surface area (Å²) in [4.78, 5) is 37.0. The van der Waals surface area contributed by atoms with Crippen molar-refractivity contribution < 1.29 is 18.8 Å². The molecule has 2 aromatic rings. The van der Waals surface area contributed by atoms with Gasteiger partial charge in [-0.2, -0.15) is 0 Å². The van der Waals surface area contributed by atoms with Gasteiger partial charge in [-0.15, -0.1) is 0 Å². The highest BCUT2D eigenvalue weighted by molar-refractivity contribution is 6.22. The van der Waals surface area contributed by atoms with Crippen molar-refractivity contribution in [2.24, 2.45) is 0 Å². The molecule has 1 saturated heterocycles. The Morgan fingerprint density at radius 2 is 1.85 bits per heavy atom. The quantitative estimate of drug-likeness (QED) is 0.806. The van der Waals surface area contributed by atoms with Crippen molar-refractivity contribution in [3.05, 3.63) is 59.9 Å². The third kappa shape index (κ3) is 3.78. The normalized spacial score (nSPS) is 16.8. The molecule has 0 radical (unpaired) electrons. The molecule has 0 saturated carbocycles. The first-order chi connectivity index (χ1) is 12.5. The van der Waals surface area contributed by atoms with Crippen LogP contribution in [0.15, 0.2) is 48.5 Å². The zero-order chi connectivity index (χ0) is 18.7. The van der Waals surface area contributed by atoms with Gasteiger partial charge < -0.3 is 10.6 Å². The highest BCUT2D eigenvalue weighted by atomic mass is 19.1. The number of halogens is 1. The number of rotatable bonds is 5. The average molecular weight is 355 g/mol. The van der Waals surface area contributed by atoms with Gasteiger partial charge in [0.2, 0.25) is 11.8 Å². The second kappa shape index (κ2) is 7.45. The number of carbonyl (C=O) groups excluding carboxylic acids is 3. The summed E-state index contributed by atoms with van der Waals surface area (Å²) in [5.41, 5.74) is 1.45. The van der Waals surface area contributed by atoms with Crippen LogP contribution in [-0.4, -0.2) is 23.8 Å². The predicted octanol–water partition coefficient (Wildman–Crippen LogP) is 2.21. The van der Waals surface area contributed by atoms with Crippen LogP contribution < -0.4 is 15.5 Å². The Morgan fingerprint density at radius 1 is 1.15 bits per heavy atom. The average Bonchev–Trinajstić information content (AvgIpc) is 2.88. The van der Waals surface area contributed by atoms with Gasteiger partial charge in [0.05, 0.1) is 18.2 Å². The van der Waals surface area contributed by atoms with Gasteiger partial charge in [-0.3, -0.25) is 14.4 Å². The fourth-order valence-corrected chi connectivity index (χ4v) is 2.83. The van der Waals surface area contributed by atoms with Crippen LogP contribution in [0, 0.1) is 5.82 Å². The Bertz CT molecular complexity index is 851. The molecule has 0 spiro atoms. The molecule has 134 valence electrons. The molecule has 1 aliphatic heterocycles. The number of amides is 3. The van der Waals surface area contributed by atoms with Crippen molar-refractivity contribution in [2.75, 3.05) is 10.2 Å². The van der Waals surface area contributed by atoms with Gasteiger partial charge in [0.1, 0.15) is 5.82 Å². The molecule has 0 bridgehead atoms. The first-order valence-electron chi connectivity index (χ1n) is 8.17. The standard InChI is InChI=1S/C19H18FN3O3/c1-12(24)22-14-6-8-15(9-7-14)23-18(25)10-17(19(23)26)21-11-13-4-2-3-5-16(13)20/h2-9,17,21H,10-11H2,1H3,(H,22,24)/t17-/m1/s1. The first-order valence-corrected chi connectivity index (χ1v) is 8.17. The number of nitrogens with one attached hydrogen (secondary N) is 2. The fourth-order valence-electron chi connectivity index (χ4n) is 2.83. The van der Waals surface area contributed by atoms with Crippen LogP contribution in [0.4, 0.5) is 15.8 Å². The zero-order valence-electron chi connectivity index (χ0n) is 14.2. The van der Waals surface area contributed by atoms with Gasteiger partial charge in [0, 0.05) is 24.7 Å². The Morgan fingerprint density at radius 3 is 2.50 bits per heavy atom. The van der Waals surface area contributed by atoms with Gasteiger partial charge in [0.15, 0.2) is 0 Å². The molecule has 0 unspecified atom stereocenters. The molecule has 6 nitrogen and oxygen atoms in total. The Balaban J connectivity index is 1.68. The lowest BCUT2D eigenvalue weighted by Gasteiger charge is -2.16. The third-order valence-electron chi connectivity index (χ3n) is 4.09. The Hall–Kier alpha value is -3.06. The molecule has 7 heteroatoms. The SMILES string of the molecule is CC(=O)Nc1ccc(N2C(=O)C[C@@H](NCc3ccccc3F)C2=O)cc1. The van der Waals surface area contributed by atoms with Gasteiger partial charge in [-0.05, 0) is 30.3 Å². The van der Waals surface area contributed by atoms with Crippen molar-refractivity contribution in [1.82, 2.24) is 5.32 Å². The van der Waals surface area contributed by atoms with Gasteiger partial charge in [-0.1, -0.05) is 18.2 Å². The predicted molar refractivity (Wildman–Crippen MR) is 94.9 cm³/mol. The van der Waals surface area contributed by atoms with E-state index in [4.69, 9.17) is 0 Å². The summed E-state index contributed by atoms with van der Waals surface area (Å²) in [5, 5.41) is 5.57. The number of hydrogen-bond donors (Lipinski definition) is 2. The van der Waals surface area contributed by atoms with E-state index in [9.17, 15) is 18.8 Å². The monoisotopic (exact) mass is 355 g/mol. The summed E-state index contributed by atoms with van der Waals surface area (Å²) in [7, 11) is 0. The van der Waals surface area contributed by atoms with E-state index in [0.29, 0.717) is 16.9 Å². The van der Waals surface area contributed by atoms with Crippen molar-refractivity contribution >= 4 is 29.1 Å². The van der Waals surface area contributed by atoms with Crippen LogP contribution in [0.2, 0.25) is 0 Å². The van der Waals surface area contributed by atoms with Crippen molar-refractivity contribution in [3.8, 4) is 0 Å². The molecule has 2 N–H and O–H groups in total. The van der Waals surface area contributed by atoms with Crippen LogP contribution in [0.1, 0.15) is 18.9 Å². The van der Waals surface area contributed by atoms with E-state index in [2.05, 4.69) is 10.6 Å². The van der Waals surface area contributed by atoms with Crippen molar-refractivity contribution in [2.45, 2.75) is 25.9 Å².